The number of thiazole rings is 1. The molecule has 3 aromatic rings. The van der Waals surface area contributed by atoms with Gasteiger partial charge < -0.3 is 0 Å². The first kappa shape index (κ1) is 16.7. The van der Waals surface area contributed by atoms with Gasteiger partial charge in [0.05, 0.1) is 16.8 Å². The van der Waals surface area contributed by atoms with Crippen molar-refractivity contribution in [2.45, 2.75) is 40.2 Å². The summed E-state index contributed by atoms with van der Waals surface area (Å²) in [6.07, 6.45) is 1.38. The number of nitrogens with zero attached hydrogens (tertiary/aromatic N) is 2. The zero-order chi connectivity index (χ0) is 17.1. The number of benzene rings is 2. The van der Waals surface area contributed by atoms with Crippen LogP contribution in [0.3, 0.4) is 0 Å². The molecule has 0 spiro atoms. The van der Waals surface area contributed by atoms with E-state index in [0.29, 0.717) is 13.0 Å². The highest BCUT2D eigenvalue weighted by Crippen LogP contribution is 2.32. The van der Waals surface area contributed by atoms with Crippen LogP contribution in [0.1, 0.15) is 36.5 Å². The summed E-state index contributed by atoms with van der Waals surface area (Å²) >= 11 is 1.60. The van der Waals surface area contributed by atoms with E-state index >= 15 is 0 Å². The monoisotopic (exact) mass is 338 g/mol. The van der Waals surface area contributed by atoms with E-state index in [1.54, 1.807) is 11.3 Å². The fourth-order valence-corrected chi connectivity index (χ4v) is 4.01. The molecule has 1 heterocycles. The third-order valence-electron chi connectivity index (χ3n) is 4.00. The van der Waals surface area contributed by atoms with Gasteiger partial charge in [-0.1, -0.05) is 54.7 Å². The van der Waals surface area contributed by atoms with Gasteiger partial charge in [0.1, 0.15) is 0 Å². The molecule has 0 saturated heterocycles. The SMILES string of the molecule is CCCC(=O)N(Cc1ccccc1)c1nc2c(C)cc(C)cc2s1. The molecule has 24 heavy (non-hydrogen) atoms. The first-order chi connectivity index (χ1) is 11.6. The molecule has 0 atom stereocenters. The number of anilines is 1. The maximum absolute atomic E-state index is 12.7. The Labute approximate surface area is 147 Å². The van der Waals surface area contributed by atoms with E-state index in [1.165, 1.54) is 5.56 Å². The van der Waals surface area contributed by atoms with Crippen LogP contribution < -0.4 is 4.90 Å². The summed E-state index contributed by atoms with van der Waals surface area (Å²) in [6, 6.07) is 14.4. The molecular formula is C20H22N2OS. The Morgan fingerprint density at radius 2 is 1.92 bits per heavy atom. The summed E-state index contributed by atoms with van der Waals surface area (Å²) in [6.45, 7) is 6.77. The zero-order valence-electron chi connectivity index (χ0n) is 14.4. The molecule has 4 heteroatoms. The van der Waals surface area contributed by atoms with E-state index < -0.39 is 0 Å². The third-order valence-corrected chi connectivity index (χ3v) is 5.02. The lowest BCUT2D eigenvalue weighted by molar-refractivity contribution is -0.118. The van der Waals surface area contributed by atoms with Gasteiger partial charge >= 0.3 is 0 Å². The van der Waals surface area contributed by atoms with Gasteiger partial charge in [-0.2, -0.15) is 0 Å². The molecule has 0 fully saturated rings. The molecule has 2 aromatic carbocycles. The first-order valence-corrected chi connectivity index (χ1v) is 9.12. The molecule has 0 bridgehead atoms. The van der Waals surface area contributed by atoms with Crippen LogP contribution in [0.4, 0.5) is 5.13 Å². The van der Waals surface area contributed by atoms with Crippen LogP contribution in [0.2, 0.25) is 0 Å². The van der Waals surface area contributed by atoms with Crippen LogP contribution in [-0.2, 0) is 11.3 Å². The van der Waals surface area contributed by atoms with E-state index in [9.17, 15) is 4.79 Å². The molecule has 3 nitrogen and oxygen atoms in total. The molecule has 0 aliphatic rings. The Morgan fingerprint density at radius 1 is 1.17 bits per heavy atom. The summed E-state index contributed by atoms with van der Waals surface area (Å²) in [7, 11) is 0. The van der Waals surface area contributed by atoms with Gasteiger partial charge in [0, 0.05) is 6.42 Å². The fourth-order valence-electron chi connectivity index (χ4n) is 2.85. The average molecular weight is 338 g/mol. The normalized spacial score (nSPS) is 11.0. The predicted octanol–water partition coefficient (Wildman–Crippen LogP) is 5.25. The van der Waals surface area contributed by atoms with Gasteiger partial charge in [-0.15, -0.1) is 0 Å². The van der Waals surface area contributed by atoms with Crippen molar-refractivity contribution in [3.63, 3.8) is 0 Å². The highest BCUT2D eigenvalue weighted by molar-refractivity contribution is 7.22. The number of aryl methyl sites for hydroxylation is 2. The Kier molecular flexibility index (Phi) is 4.95. The smallest absolute Gasteiger partial charge is 0.229 e. The molecule has 3 rings (SSSR count). The largest absolute Gasteiger partial charge is 0.284 e. The van der Waals surface area contributed by atoms with Crippen molar-refractivity contribution in [2.75, 3.05) is 4.90 Å². The van der Waals surface area contributed by atoms with Gasteiger partial charge in [0.25, 0.3) is 0 Å². The topological polar surface area (TPSA) is 33.2 Å². The highest BCUT2D eigenvalue weighted by atomic mass is 32.1. The molecular weight excluding hydrogens is 316 g/mol. The minimum atomic E-state index is 0.134. The van der Waals surface area contributed by atoms with Crippen molar-refractivity contribution in [1.29, 1.82) is 0 Å². The summed E-state index contributed by atoms with van der Waals surface area (Å²) < 4.78 is 1.14. The molecule has 124 valence electrons. The van der Waals surface area contributed by atoms with E-state index in [0.717, 1.165) is 32.9 Å². The van der Waals surface area contributed by atoms with E-state index in [4.69, 9.17) is 4.98 Å². The third kappa shape index (κ3) is 3.49. The molecule has 0 radical (unpaired) electrons. The van der Waals surface area contributed by atoms with Gasteiger partial charge in [-0.25, -0.2) is 4.98 Å². The Hall–Kier alpha value is -2.20. The lowest BCUT2D eigenvalue weighted by atomic mass is 10.1. The van der Waals surface area contributed by atoms with Crippen molar-refractivity contribution < 1.29 is 4.79 Å². The number of hydrogen-bond acceptors (Lipinski definition) is 3. The maximum atomic E-state index is 12.7. The van der Waals surface area contributed by atoms with E-state index in [2.05, 4.69) is 38.1 Å². The van der Waals surface area contributed by atoms with E-state index in [-0.39, 0.29) is 5.91 Å². The van der Waals surface area contributed by atoms with Gasteiger partial charge in [0.15, 0.2) is 5.13 Å². The summed E-state index contributed by atoms with van der Waals surface area (Å²) in [5.41, 5.74) is 4.51. The number of fused-ring (bicyclic) bond motifs is 1. The lowest BCUT2D eigenvalue weighted by Gasteiger charge is -2.19. The Morgan fingerprint density at radius 3 is 2.62 bits per heavy atom. The minimum absolute atomic E-state index is 0.134. The second kappa shape index (κ2) is 7.14. The summed E-state index contributed by atoms with van der Waals surface area (Å²) in [5, 5.41) is 0.793. The molecule has 0 unspecified atom stereocenters. The van der Waals surface area contributed by atoms with E-state index in [1.807, 2.05) is 30.0 Å². The van der Waals surface area contributed by atoms with Crippen LogP contribution in [0.15, 0.2) is 42.5 Å². The van der Waals surface area contributed by atoms with Crippen molar-refractivity contribution in [3.05, 3.63) is 59.2 Å². The van der Waals surface area contributed by atoms with Crippen molar-refractivity contribution in [2.24, 2.45) is 0 Å². The minimum Gasteiger partial charge on any atom is -0.284 e. The molecule has 0 aliphatic carbocycles. The summed E-state index contributed by atoms with van der Waals surface area (Å²) in [5.74, 6) is 0.134. The number of rotatable bonds is 5. The van der Waals surface area contributed by atoms with Gasteiger partial charge in [0.2, 0.25) is 5.91 Å². The summed E-state index contributed by atoms with van der Waals surface area (Å²) in [4.78, 5) is 19.3. The van der Waals surface area contributed by atoms with Crippen molar-refractivity contribution in [3.8, 4) is 0 Å². The number of amides is 1. The number of carbonyl (C=O) groups is 1. The fraction of sp³-hybridized carbons (Fsp3) is 0.300. The standard InChI is InChI=1S/C20H22N2OS/c1-4-8-18(23)22(13-16-9-6-5-7-10-16)20-21-19-15(3)11-14(2)12-17(19)24-20/h5-7,9-12H,4,8,13H2,1-3H3. The van der Waals surface area contributed by atoms with Crippen LogP contribution in [0.25, 0.3) is 10.2 Å². The Bertz CT molecular complexity index is 855. The Balaban J connectivity index is 2.01. The van der Waals surface area contributed by atoms with Crippen LogP contribution in [0, 0.1) is 13.8 Å². The second-order valence-corrected chi connectivity index (χ2v) is 7.15. The molecule has 0 aliphatic heterocycles. The molecule has 0 saturated carbocycles. The number of carbonyl (C=O) groups excluding carboxylic acids is 1. The molecule has 1 aromatic heterocycles. The van der Waals surface area contributed by atoms with Gasteiger partial charge in [-0.05, 0) is 43.0 Å². The van der Waals surface area contributed by atoms with Gasteiger partial charge in [-0.3, -0.25) is 9.69 Å². The number of aromatic nitrogens is 1. The predicted molar refractivity (Wildman–Crippen MR) is 102 cm³/mol. The maximum Gasteiger partial charge on any atom is 0.229 e. The van der Waals surface area contributed by atoms with Crippen LogP contribution >= 0.6 is 11.3 Å². The molecule has 0 N–H and O–H groups in total. The first-order valence-electron chi connectivity index (χ1n) is 8.30. The van der Waals surface area contributed by atoms with Crippen LogP contribution in [0.5, 0.6) is 0 Å². The average Bonchev–Trinajstić information content (AvgIpc) is 2.97. The number of hydrogen-bond donors (Lipinski definition) is 0. The lowest BCUT2D eigenvalue weighted by Crippen LogP contribution is -2.29. The second-order valence-electron chi connectivity index (χ2n) is 6.14. The van der Waals surface area contributed by atoms with Crippen LogP contribution in [-0.4, -0.2) is 10.9 Å². The highest BCUT2D eigenvalue weighted by Gasteiger charge is 2.20. The zero-order valence-corrected chi connectivity index (χ0v) is 15.2. The van der Waals surface area contributed by atoms with Crippen molar-refractivity contribution >= 4 is 32.6 Å². The van der Waals surface area contributed by atoms with Crippen molar-refractivity contribution in [1.82, 2.24) is 4.98 Å². The quantitative estimate of drug-likeness (QED) is 0.637. The molecule has 1 amide bonds.